The van der Waals surface area contributed by atoms with Crippen LogP contribution in [0.2, 0.25) is 0 Å². The Morgan fingerprint density at radius 2 is 2.08 bits per heavy atom. The first-order valence-electron chi connectivity index (χ1n) is 7.90. The number of primary amides is 1. The van der Waals surface area contributed by atoms with E-state index in [1.165, 1.54) is 0 Å². The largest absolute Gasteiger partial charge is 0.364 e. The number of aryl methyl sites for hydroxylation is 1. The number of hydrogen-bond donors (Lipinski definition) is 1. The number of carbonyl (C=O) groups is 1. The van der Waals surface area contributed by atoms with Crippen LogP contribution in [0.15, 0.2) is 36.8 Å². The normalized spacial score (nSPS) is 11.2. The minimum atomic E-state index is -0.486. The summed E-state index contributed by atoms with van der Waals surface area (Å²) in [5, 5.41) is 8.19. The second kappa shape index (κ2) is 6.27. The highest BCUT2D eigenvalue weighted by Gasteiger charge is 2.16. The molecule has 0 atom stereocenters. The molecular weight excluding hydrogens is 304 g/mol. The van der Waals surface area contributed by atoms with Gasteiger partial charge in [0.15, 0.2) is 5.82 Å². The van der Waals surface area contributed by atoms with Gasteiger partial charge >= 0.3 is 0 Å². The van der Waals surface area contributed by atoms with Crippen LogP contribution < -0.4 is 5.73 Å². The van der Waals surface area contributed by atoms with Gasteiger partial charge in [-0.25, -0.2) is 4.98 Å². The third-order valence-corrected chi connectivity index (χ3v) is 3.92. The van der Waals surface area contributed by atoms with Crippen molar-refractivity contribution in [2.75, 3.05) is 0 Å². The summed E-state index contributed by atoms with van der Waals surface area (Å²) in [6.45, 7) is 6.17. The molecule has 0 saturated heterocycles. The molecule has 0 aliphatic carbocycles. The van der Waals surface area contributed by atoms with Gasteiger partial charge in [-0.2, -0.15) is 0 Å². The van der Waals surface area contributed by atoms with E-state index in [2.05, 4.69) is 24.0 Å². The minimum Gasteiger partial charge on any atom is -0.364 e. The van der Waals surface area contributed by atoms with E-state index in [-0.39, 0.29) is 6.04 Å². The van der Waals surface area contributed by atoms with Crippen LogP contribution >= 0.6 is 0 Å². The van der Waals surface area contributed by atoms with Crippen molar-refractivity contribution in [2.24, 2.45) is 5.73 Å². The van der Waals surface area contributed by atoms with Crippen molar-refractivity contribution < 1.29 is 4.79 Å². The Morgan fingerprint density at radius 1 is 1.29 bits per heavy atom. The molecule has 7 nitrogen and oxygen atoms in total. The lowest BCUT2D eigenvalue weighted by atomic mass is 10.1. The molecule has 0 aliphatic rings. The minimum absolute atomic E-state index is 0.221. The number of nitrogens with zero attached hydrogens (tertiary/aromatic N) is 5. The van der Waals surface area contributed by atoms with Crippen LogP contribution in [0.3, 0.4) is 0 Å². The van der Waals surface area contributed by atoms with Gasteiger partial charge in [0.2, 0.25) is 0 Å². The van der Waals surface area contributed by atoms with E-state index >= 15 is 0 Å². The molecule has 3 heterocycles. The molecule has 1 amide bonds. The van der Waals surface area contributed by atoms with E-state index in [1.807, 2.05) is 23.6 Å². The molecule has 3 aromatic heterocycles. The fourth-order valence-corrected chi connectivity index (χ4v) is 2.66. The fraction of sp³-hybridized carbons (Fsp3) is 0.294. The van der Waals surface area contributed by atoms with E-state index in [1.54, 1.807) is 29.2 Å². The Morgan fingerprint density at radius 3 is 2.75 bits per heavy atom. The number of aromatic nitrogens is 5. The zero-order valence-corrected chi connectivity index (χ0v) is 14.0. The van der Waals surface area contributed by atoms with E-state index in [0.29, 0.717) is 23.0 Å². The van der Waals surface area contributed by atoms with Crippen LogP contribution in [0.1, 0.15) is 42.9 Å². The lowest BCUT2D eigenvalue weighted by Gasteiger charge is -2.14. The summed E-state index contributed by atoms with van der Waals surface area (Å²) in [6.07, 6.45) is 4.27. The zero-order chi connectivity index (χ0) is 17.3. The smallest absolute Gasteiger partial charge is 0.265 e. The topological polar surface area (TPSA) is 91.6 Å². The third kappa shape index (κ3) is 2.68. The van der Waals surface area contributed by atoms with Gasteiger partial charge in [0, 0.05) is 12.2 Å². The SMILES string of the molecule is CCc1ccc(-c2nncn2C(C)C)nc1-n1cccc1C(N)=O. The second-order valence-corrected chi connectivity index (χ2v) is 5.82. The van der Waals surface area contributed by atoms with Gasteiger partial charge in [0.25, 0.3) is 5.91 Å². The van der Waals surface area contributed by atoms with Crippen molar-refractivity contribution in [2.45, 2.75) is 33.2 Å². The van der Waals surface area contributed by atoms with Crippen LogP contribution in [-0.4, -0.2) is 30.2 Å². The van der Waals surface area contributed by atoms with Gasteiger partial charge in [-0.3, -0.25) is 9.36 Å². The van der Waals surface area contributed by atoms with Gasteiger partial charge < -0.3 is 10.3 Å². The molecule has 0 unspecified atom stereocenters. The van der Waals surface area contributed by atoms with Crippen LogP contribution in [-0.2, 0) is 6.42 Å². The van der Waals surface area contributed by atoms with E-state index in [4.69, 9.17) is 10.7 Å². The van der Waals surface area contributed by atoms with Gasteiger partial charge in [0.05, 0.1) is 0 Å². The Hall–Kier alpha value is -2.96. The molecule has 7 heteroatoms. The predicted molar refractivity (Wildman–Crippen MR) is 90.9 cm³/mol. The first-order valence-corrected chi connectivity index (χ1v) is 7.90. The lowest BCUT2D eigenvalue weighted by Crippen LogP contribution is -2.17. The van der Waals surface area contributed by atoms with Crippen molar-refractivity contribution >= 4 is 5.91 Å². The molecule has 24 heavy (non-hydrogen) atoms. The first-order chi connectivity index (χ1) is 11.5. The molecule has 124 valence electrons. The molecule has 0 fully saturated rings. The summed E-state index contributed by atoms with van der Waals surface area (Å²) in [5.74, 6) is 0.897. The van der Waals surface area contributed by atoms with Crippen LogP contribution in [0.25, 0.3) is 17.3 Å². The van der Waals surface area contributed by atoms with Gasteiger partial charge in [-0.15, -0.1) is 10.2 Å². The van der Waals surface area contributed by atoms with Gasteiger partial charge in [-0.1, -0.05) is 13.0 Å². The zero-order valence-electron chi connectivity index (χ0n) is 14.0. The monoisotopic (exact) mass is 324 g/mol. The van der Waals surface area contributed by atoms with Crippen molar-refractivity contribution in [1.29, 1.82) is 0 Å². The van der Waals surface area contributed by atoms with Crippen molar-refractivity contribution in [3.63, 3.8) is 0 Å². The standard InChI is InChI=1S/C17H20N6O/c1-4-12-7-8-13(17-21-19-10-23(17)11(2)3)20-16(12)22-9-5-6-14(22)15(18)24/h5-11H,4H2,1-3H3,(H2,18,24). The molecule has 0 spiro atoms. The van der Waals surface area contributed by atoms with E-state index in [9.17, 15) is 4.79 Å². The fourth-order valence-electron chi connectivity index (χ4n) is 2.66. The average Bonchev–Trinajstić information content (AvgIpc) is 3.23. The number of nitrogens with two attached hydrogens (primary N) is 1. The number of rotatable bonds is 5. The number of pyridine rings is 1. The number of carbonyl (C=O) groups excluding carboxylic acids is 1. The van der Waals surface area contributed by atoms with Crippen molar-refractivity contribution in [3.05, 3.63) is 48.0 Å². The third-order valence-electron chi connectivity index (χ3n) is 3.92. The highest BCUT2D eigenvalue weighted by molar-refractivity contribution is 5.91. The maximum Gasteiger partial charge on any atom is 0.265 e. The molecule has 3 rings (SSSR count). The Kier molecular flexibility index (Phi) is 4.16. The van der Waals surface area contributed by atoms with Crippen LogP contribution in [0, 0.1) is 0 Å². The Balaban J connectivity index is 2.18. The summed E-state index contributed by atoms with van der Waals surface area (Å²) >= 11 is 0. The molecule has 0 bridgehead atoms. The highest BCUT2D eigenvalue weighted by Crippen LogP contribution is 2.23. The number of amides is 1. The quantitative estimate of drug-likeness (QED) is 0.780. The van der Waals surface area contributed by atoms with Gasteiger partial charge in [0.1, 0.15) is 23.5 Å². The maximum atomic E-state index is 11.7. The van der Waals surface area contributed by atoms with Crippen LogP contribution in [0.4, 0.5) is 0 Å². The predicted octanol–water partition coefficient (Wildman–Crippen LogP) is 2.37. The summed E-state index contributed by atoms with van der Waals surface area (Å²) < 4.78 is 3.68. The summed E-state index contributed by atoms with van der Waals surface area (Å²) in [5.41, 5.74) is 7.60. The highest BCUT2D eigenvalue weighted by atomic mass is 16.1. The molecule has 0 radical (unpaired) electrons. The maximum absolute atomic E-state index is 11.7. The summed E-state index contributed by atoms with van der Waals surface area (Å²) in [6, 6.07) is 7.62. The molecule has 2 N–H and O–H groups in total. The second-order valence-electron chi connectivity index (χ2n) is 5.82. The van der Waals surface area contributed by atoms with Crippen molar-refractivity contribution in [1.82, 2.24) is 24.3 Å². The molecule has 0 aromatic carbocycles. The molecule has 0 saturated carbocycles. The molecule has 0 aliphatic heterocycles. The van der Waals surface area contributed by atoms with Crippen molar-refractivity contribution in [3.8, 4) is 17.3 Å². The number of hydrogen-bond acceptors (Lipinski definition) is 4. The average molecular weight is 324 g/mol. The Labute approximate surface area is 140 Å². The molecular formula is C17H20N6O. The van der Waals surface area contributed by atoms with E-state index in [0.717, 1.165) is 12.0 Å². The lowest BCUT2D eigenvalue weighted by molar-refractivity contribution is 0.0994. The van der Waals surface area contributed by atoms with Gasteiger partial charge in [-0.05, 0) is 44.0 Å². The first kappa shape index (κ1) is 15.9. The summed E-state index contributed by atoms with van der Waals surface area (Å²) in [4.78, 5) is 16.4. The van der Waals surface area contributed by atoms with E-state index < -0.39 is 5.91 Å². The van der Waals surface area contributed by atoms with Crippen LogP contribution in [0.5, 0.6) is 0 Å². The Bertz CT molecular complexity index is 877. The summed E-state index contributed by atoms with van der Waals surface area (Å²) in [7, 11) is 0. The molecule has 3 aromatic rings.